The number of aliphatic imine (C=N–C) groups is 1. The van der Waals surface area contributed by atoms with Gasteiger partial charge in [-0.25, -0.2) is 4.99 Å². The summed E-state index contributed by atoms with van der Waals surface area (Å²) in [7, 11) is 3.57. The molecule has 0 spiro atoms. The maximum atomic E-state index is 11.9. The van der Waals surface area contributed by atoms with Gasteiger partial charge < -0.3 is 15.1 Å². The molecule has 1 saturated heterocycles. The number of rotatable bonds is 4. The van der Waals surface area contributed by atoms with Crippen LogP contribution in [0.4, 0.5) is 0 Å². The third-order valence-electron chi connectivity index (χ3n) is 5.26. The highest BCUT2D eigenvalue weighted by atomic mass is 127. The van der Waals surface area contributed by atoms with E-state index in [1.807, 2.05) is 0 Å². The minimum absolute atomic E-state index is 0. The lowest BCUT2D eigenvalue weighted by Gasteiger charge is -2.27. The van der Waals surface area contributed by atoms with Crippen molar-refractivity contribution in [3.05, 3.63) is 0 Å². The summed E-state index contributed by atoms with van der Waals surface area (Å²) in [6, 6.07) is 0.529. The summed E-state index contributed by atoms with van der Waals surface area (Å²) < 4.78 is 0. The number of likely N-dealkylation sites (N-methyl/N-ethyl adjacent to an activating group) is 1. The Morgan fingerprint density at radius 2 is 2.00 bits per heavy atom. The zero-order chi connectivity index (χ0) is 16.2. The molecule has 1 saturated carbocycles. The maximum absolute atomic E-state index is 11.9. The van der Waals surface area contributed by atoms with Crippen LogP contribution in [-0.2, 0) is 4.79 Å². The fraction of sp³-hybridized carbons (Fsp3) is 0.882. The monoisotopic (exact) mass is 436 g/mol. The number of amides is 1. The van der Waals surface area contributed by atoms with Gasteiger partial charge >= 0.3 is 0 Å². The second-order valence-electron chi connectivity index (χ2n) is 7.39. The van der Waals surface area contributed by atoms with E-state index in [1.165, 1.54) is 38.5 Å². The van der Waals surface area contributed by atoms with Crippen molar-refractivity contribution in [1.29, 1.82) is 0 Å². The van der Waals surface area contributed by atoms with Crippen LogP contribution in [0.25, 0.3) is 0 Å². The quantitative estimate of drug-likeness (QED) is 0.419. The first-order valence-electron chi connectivity index (χ1n) is 8.69. The van der Waals surface area contributed by atoms with Gasteiger partial charge in [-0.15, -0.1) is 24.0 Å². The highest BCUT2D eigenvalue weighted by Crippen LogP contribution is 2.33. The average molecular weight is 436 g/mol. The van der Waals surface area contributed by atoms with Gasteiger partial charge in [0.05, 0.1) is 0 Å². The number of hydrogen-bond acceptors (Lipinski definition) is 2. The summed E-state index contributed by atoms with van der Waals surface area (Å²) >= 11 is 0. The van der Waals surface area contributed by atoms with Crippen LogP contribution in [0.5, 0.6) is 0 Å². The SMILES string of the molecule is CCC1(C)CCN(C(=NCC(=O)N(C)C)NC2CCCC2)C1.I. The molecule has 134 valence electrons. The van der Waals surface area contributed by atoms with Gasteiger partial charge in [-0.1, -0.05) is 26.7 Å². The van der Waals surface area contributed by atoms with Crippen LogP contribution in [0.15, 0.2) is 4.99 Å². The highest BCUT2D eigenvalue weighted by molar-refractivity contribution is 14.0. The van der Waals surface area contributed by atoms with Crippen LogP contribution in [0.2, 0.25) is 0 Å². The minimum atomic E-state index is 0. The third kappa shape index (κ3) is 5.80. The van der Waals surface area contributed by atoms with Gasteiger partial charge in [0, 0.05) is 33.2 Å². The van der Waals surface area contributed by atoms with Crippen molar-refractivity contribution in [2.45, 2.75) is 58.4 Å². The van der Waals surface area contributed by atoms with E-state index in [9.17, 15) is 4.79 Å². The first kappa shape index (κ1) is 20.5. The fourth-order valence-corrected chi connectivity index (χ4v) is 3.27. The van der Waals surface area contributed by atoms with Crippen LogP contribution in [0, 0.1) is 5.41 Å². The van der Waals surface area contributed by atoms with E-state index in [-0.39, 0.29) is 36.4 Å². The normalized spacial score (nSPS) is 25.4. The first-order chi connectivity index (χ1) is 10.4. The molecular weight excluding hydrogens is 403 g/mol. The topological polar surface area (TPSA) is 47.9 Å². The molecule has 0 bridgehead atoms. The van der Waals surface area contributed by atoms with Crippen molar-refractivity contribution in [2.24, 2.45) is 10.4 Å². The number of carbonyl (C=O) groups excluding carboxylic acids is 1. The Morgan fingerprint density at radius 3 is 2.52 bits per heavy atom. The van der Waals surface area contributed by atoms with Gasteiger partial charge in [-0.3, -0.25) is 4.79 Å². The number of guanidine groups is 1. The van der Waals surface area contributed by atoms with Crippen LogP contribution in [-0.4, -0.2) is 61.4 Å². The van der Waals surface area contributed by atoms with Gasteiger partial charge in [0.15, 0.2) is 5.96 Å². The zero-order valence-corrected chi connectivity index (χ0v) is 17.4. The molecule has 2 fully saturated rings. The van der Waals surface area contributed by atoms with E-state index in [0.29, 0.717) is 11.5 Å². The van der Waals surface area contributed by atoms with Gasteiger partial charge in [-0.05, 0) is 31.1 Å². The molecular formula is C17H33IN4O. The van der Waals surface area contributed by atoms with E-state index in [1.54, 1.807) is 19.0 Å². The number of nitrogens with one attached hydrogen (secondary N) is 1. The van der Waals surface area contributed by atoms with Crippen LogP contribution >= 0.6 is 24.0 Å². The van der Waals surface area contributed by atoms with Crippen molar-refractivity contribution in [3.63, 3.8) is 0 Å². The second-order valence-corrected chi connectivity index (χ2v) is 7.39. The van der Waals surface area contributed by atoms with E-state index in [0.717, 1.165) is 19.0 Å². The Morgan fingerprint density at radius 1 is 1.35 bits per heavy atom. The Labute approximate surface area is 158 Å². The number of nitrogens with zero attached hydrogens (tertiary/aromatic N) is 3. The molecule has 1 aliphatic carbocycles. The molecule has 1 unspecified atom stereocenters. The number of hydrogen-bond donors (Lipinski definition) is 1. The largest absolute Gasteiger partial charge is 0.353 e. The first-order valence-corrected chi connectivity index (χ1v) is 8.69. The van der Waals surface area contributed by atoms with E-state index in [2.05, 4.69) is 29.1 Å². The van der Waals surface area contributed by atoms with Crippen molar-refractivity contribution >= 4 is 35.8 Å². The zero-order valence-electron chi connectivity index (χ0n) is 15.1. The molecule has 5 nitrogen and oxygen atoms in total. The summed E-state index contributed by atoms with van der Waals surface area (Å²) in [5.41, 5.74) is 0.379. The smallest absolute Gasteiger partial charge is 0.243 e. The van der Waals surface area contributed by atoms with Crippen molar-refractivity contribution in [1.82, 2.24) is 15.1 Å². The summed E-state index contributed by atoms with van der Waals surface area (Å²) in [6.07, 6.45) is 7.44. The lowest BCUT2D eigenvalue weighted by atomic mass is 9.87. The number of carbonyl (C=O) groups is 1. The Kier molecular flexibility index (Phi) is 8.10. The molecule has 1 atom stereocenters. The maximum Gasteiger partial charge on any atom is 0.243 e. The molecule has 1 N–H and O–H groups in total. The molecule has 0 aromatic heterocycles. The predicted octanol–water partition coefficient (Wildman–Crippen LogP) is 2.70. The van der Waals surface area contributed by atoms with Crippen LogP contribution in [0.1, 0.15) is 52.4 Å². The molecule has 1 amide bonds. The summed E-state index contributed by atoms with van der Waals surface area (Å²) in [5.74, 6) is 1.00. The number of halogens is 1. The fourth-order valence-electron chi connectivity index (χ4n) is 3.27. The van der Waals surface area contributed by atoms with Gasteiger partial charge in [-0.2, -0.15) is 0 Å². The Balaban J connectivity index is 0.00000264. The summed E-state index contributed by atoms with van der Waals surface area (Å²) in [6.45, 7) is 6.93. The van der Waals surface area contributed by atoms with Crippen molar-refractivity contribution < 1.29 is 4.79 Å². The predicted molar refractivity (Wildman–Crippen MR) is 106 cm³/mol. The third-order valence-corrected chi connectivity index (χ3v) is 5.26. The molecule has 0 radical (unpaired) electrons. The Bertz CT molecular complexity index is 421. The van der Waals surface area contributed by atoms with Gasteiger partial charge in [0.1, 0.15) is 6.54 Å². The van der Waals surface area contributed by atoms with E-state index >= 15 is 0 Å². The lowest BCUT2D eigenvalue weighted by molar-refractivity contribution is -0.127. The molecule has 23 heavy (non-hydrogen) atoms. The molecule has 6 heteroatoms. The Hall–Kier alpha value is -0.530. The van der Waals surface area contributed by atoms with Crippen molar-refractivity contribution in [2.75, 3.05) is 33.7 Å². The van der Waals surface area contributed by atoms with E-state index in [4.69, 9.17) is 0 Å². The van der Waals surface area contributed by atoms with Gasteiger partial charge in [0.2, 0.25) is 5.91 Å². The molecule has 0 aromatic rings. The number of likely N-dealkylation sites (tertiary alicyclic amines) is 1. The van der Waals surface area contributed by atoms with Crippen LogP contribution < -0.4 is 5.32 Å². The molecule has 1 aliphatic heterocycles. The molecule has 2 rings (SSSR count). The molecule has 0 aromatic carbocycles. The van der Waals surface area contributed by atoms with Gasteiger partial charge in [0.25, 0.3) is 0 Å². The standard InChI is InChI=1S/C17H32N4O.HI/c1-5-17(2)10-11-21(13-17)16(18-12-15(22)20(3)4)19-14-8-6-7-9-14;/h14H,5-13H2,1-4H3,(H,18,19);1H. The minimum Gasteiger partial charge on any atom is -0.353 e. The highest BCUT2D eigenvalue weighted by Gasteiger charge is 2.34. The molecule has 2 aliphatic rings. The van der Waals surface area contributed by atoms with Crippen LogP contribution in [0.3, 0.4) is 0 Å². The average Bonchev–Trinajstić information content (AvgIpc) is 3.13. The summed E-state index contributed by atoms with van der Waals surface area (Å²) in [5, 5.41) is 3.62. The summed E-state index contributed by atoms with van der Waals surface area (Å²) in [4.78, 5) is 20.4. The van der Waals surface area contributed by atoms with Crippen molar-refractivity contribution in [3.8, 4) is 0 Å². The van der Waals surface area contributed by atoms with E-state index < -0.39 is 0 Å². The lowest BCUT2D eigenvalue weighted by Crippen LogP contribution is -2.45. The molecule has 1 heterocycles. The second kappa shape index (κ2) is 9.08.